The molecule has 0 saturated carbocycles. The molecule has 0 aliphatic heterocycles. The van der Waals surface area contributed by atoms with Crippen LogP contribution in [0, 0.1) is 0 Å². The summed E-state index contributed by atoms with van der Waals surface area (Å²) >= 11 is 4.87. The normalized spacial score (nSPS) is 13.7. The number of aliphatic hydroxyl groups is 3. The van der Waals surface area contributed by atoms with Crippen molar-refractivity contribution in [3.05, 3.63) is 24.3 Å². The van der Waals surface area contributed by atoms with Crippen LogP contribution in [0.4, 0.5) is 0 Å². The summed E-state index contributed by atoms with van der Waals surface area (Å²) in [7, 11) is -1.68. The van der Waals surface area contributed by atoms with Gasteiger partial charge in [0.25, 0.3) is 0 Å². The third kappa shape index (κ3) is 46.0. The van der Waals surface area contributed by atoms with Gasteiger partial charge in [-0.25, -0.2) is 0 Å². The molecule has 0 rings (SSSR count). The monoisotopic (exact) mass is 709 g/mol. The van der Waals surface area contributed by atoms with E-state index in [9.17, 15) is 4.89 Å². The average Bonchev–Trinajstić information content (AvgIpc) is 3.07. The first kappa shape index (κ1) is 49.1. The molecule has 0 aromatic rings. The molecule has 0 fully saturated rings. The van der Waals surface area contributed by atoms with Gasteiger partial charge in [-0.1, -0.05) is 165 Å². The molecule has 6 nitrogen and oxygen atoms in total. The van der Waals surface area contributed by atoms with E-state index < -0.39 is 26.9 Å². The summed E-state index contributed by atoms with van der Waals surface area (Å²) < 4.78 is 10.9. The van der Waals surface area contributed by atoms with Gasteiger partial charge >= 0.3 is 8.60 Å². The fraction of sp³-hybridized carbons (Fsp3) is 0.897. The van der Waals surface area contributed by atoms with Crippen LogP contribution in [-0.2, 0) is 9.05 Å². The van der Waals surface area contributed by atoms with Crippen molar-refractivity contribution in [2.75, 3.05) is 19.8 Å². The first-order valence-electron chi connectivity index (χ1n) is 19.6. The van der Waals surface area contributed by atoms with E-state index in [2.05, 4.69) is 38.2 Å². The van der Waals surface area contributed by atoms with E-state index in [1.807, 2.05) is 0 Å². The summed E-state index contributed by atoms with van der Waals surface area (Å²) in [4.78, 5) is 9.91. The highest BCUT2D eigenvalue weighted by Gasteiger charge is 2.09. The molecule has 2 atom stereocenters. The minimum Gasteiger partial charge on any atom is -0.394 e. The molecule has 0 amide bonds. The predicted molar refractivity (Wildman–Crippen MR) is 205 cm³/mol. The predicted octanol–water partition coefficient (Wildman–Crippen LogP) is 12.2. The molecule has 2 unspecified atom stereocenters. The standard InChI is InChI=1S/C36H71O3P.C3H7ClO3/c1-3-5-7-9-11-13-15-17-19-21-23-25-27-29-31-33-35-38-40(37)39-36-34-32-30-28-26-24-22-20-18-16-14-12-10-8-6-4-2;4-3(7)2(6)1-5/h17-20,37H,3-16,21-36H2,1-2H3;2-3,5-7H,1H2. The first-order valence-corrected chi connectivity index (χ1v) is 21.2. The van der Waals surface area contributed by atoms with Crippen molar-refractivity contribution in [3.8, 4) is 0 Å². The second kappa shape index (κ2) is 44.0. The summed E-state index contributed by atoms with van der Waals surface area (Å²) in [5.41, 5.74) is -1.36. The Morgan fingerprint density at radius 2 is 0.766 bits per heavy atom. The van der Waals surface area contributed by atoms with Gasteiger partial charge in [-0.05, 0) is 64.2 Å². The molecular weight excluding hydrogens is 631 g/mol. The number of allylic oxidation sites excluding steroid dienone is 4. The zero-order valence-corrected chi connectivity index (χ0v) is 32.5. The fourth-order valence-corrected chi connectivity index (χ4v) is 5.83. The molecule has 0 spiro atoms. The number of alkyl halides is 1. The number of rotatable bonds is 36. The lowest BCUT2D eigenvalue weighted by atomic mass is 10.1. The van der Waals surface area contributed by atoms with Crippen molar-refractivity contribution in [2.45, 2.75) is 205 Å². The van der Waals surface area contributed by atoms with Crippen molar-refractivity contribution >= 4 is 20.2 Å². The van der Waals surface area contributed by atoms with Crippen molar-refractivity contribution in [2.24, 2.45) is 0 Å². The molecule has 0 aliphatic rings. The van der Waals surface area contributed by atoms with Crippen molar-refractivity contribution in [1.29, 1.82) is 0 Å². The van der Waals surface area contributed by atoms with Gasteiger partial charge in [0.15, 0.2) is 5.56 Å². The van der Waals surface area contributed by atoms with Crippen LogP contribution in [-0.4, -0.2) is 51.7 Å². The summed E-state index contributed by atoms with van der Waals surface area (Å²) in [6, 6.07) is 0. The largest absolute Gasteiger partial charge is 0.394 e. The molecule has 0 aliphatic carbocycles. The van der Waals surface area contributed by atoms with E-state index in [-0.39, 0.29) is 0 Å². The Hall–Kier alpha value is -0.0400. The SMILES string of the molecule is CCCCCCCCC=CCCCCCCCCOP(O)OCCCCCCCCC=CCCCCCCCC.OCC(O)C(O)Cl. The van der Waals surface area contributed by atoms with E-state index in [1.165, 1.54) is 167 Å². The maximum atomic E-state index is 9.91. The third-order valence-electron chi connectivity index (χ3n) is 8.22. The van der Waals surface area contributed by atoms with E-state index >= 15 is 0 Å². The maximum absolute atomic E-state index is 9.91. The highest BCUT2D eigenvalue weighted by atomic mass is 35.5. The molecule has 0 aromatic carbocycles. The quantitative estimate of drug-likeness (QED) is 0.0224. The van der Waals surface area contributed by atoms with Crippen LogP contribution in [0.3, 0.4) is 0 Å². The van der Waals surface area contributed by atoms with Crippen molar-refractivity contribution in [3.63, 3.8) is 0 Å². The second-order valence-electron chi connectivity index (χ2n) is 12.9. The van der Waals surface area contributed by atoms with Gasteiger partial charge in [-0.15, -0.1) is 0 Å². The number of hydrogen-bond donors (Lipinski definition) is 4. The molecular formula is C39H78ClO6P. The molecule has 4 N–H and O–H groups in total. The minimum absolute atomic E-state index is 0.509. The Kier molecular flexibility index (Phi) is 45.9. The zero-order valence-electron chi connectivity index (χ0n) is 30.8. The molecule has 282 valence electrons. The van der Waals surface area contributed by atoms with Crippen LogP contribution in [0.2, 0.25) is 0 Å². The molecule has 8 heteroatoms. The zero-order chi connectivity index (χ0) is 34.9. The fourth-order valence-electron chi connectivity index (χ4n) is 5.11. The van der Waals surface area contributed by atoms with Crippen LogP contribution in [0.5, 0.6) is 0 Å². The number of aliphatic hydroxyl groups excluding tert-OH is 3. The van der Waals surface area contributed by atoms with Crippen LogP contribution in [0.1, 0.15) is 194 Å². The van der Waals surface area contributed by atoms with E-state index in [0.29, 0.717) is 13.2 Å². The molecule has 0 saturated heterocycles. The summed E-state index contributed by atoms with van der Waals surface area (Å²) in [6.45, 7) is 5.29. The highest BCUT2D eigenvalue weighted by molar-refractivity contribution is 7.40. The van der Waals surface area contributed by atoms with E-state index in [1.54, 1.807) is 0 Å². The van der Waals surface area contributed by atoms with Gasteiger partial charge < -0.3 is 29.3 Å². The van der Waals surface area contributed by atoms with E-state index in [4.69, 9.17) is 36.0 Å². The summed E-state index contributed by atoms with van der Waals surface area (Å²) in [5, 5.41) is 24.5. The molecule has 0 aromatic heterocycles. The van der Waals surface area contributed by atoms with Crippen LogP contribution in [0.15, 0.2) is 24.3 Å². The minimum atomic E-state index is -1.68. The Bertz CT molecular complexity index is 578. The van der Waals surface area contributed by atoms with Gasteiger partial charge in [0.1, 0.15) is 6.10 Å². The van der Waals surface area contributed by atoms with Crippen LogP contribution in [0.25, 0.3) is 0 Å². The third-order valence-corrected chi connectivity index (χ3v) is 9.32. The topological polar surface area (TPSA) is 99.4 Å². The lowest BCUT2D eigenvalue weighted by Crippen LogP contribution is -2.23. The van der Waals surface area contributed by atoms with Crippen LogP contribution >= 0.6 is 20.2 Å². The Labute approximate surface area is 298 Å². The first-order chi connectivity index (χ1) is 23.0. The summed E-state index contributed by atoms with van der Waals surface area (Å²) in [6.07, 6.45) is 44.9. The Morgan fingerprint density at radius 1 is 0.489 bits per heavy atom. The number of hydrogen-bond acceptors (Lipinski definition) is 6. The molecule has 0 bridgehead atoms. The van der Waals surface area contributed by atoms with Gasteiger partial charge in [0.05, 0.1) is 19.8 Å². The maximum Gasteiger partial charge on any atom is 0.329 e. The van der Waals surface area contributed by atoms with Gasteiger partial charge in [0, 0.05) is 0 Å². The van der Waals surface area contributed by atoms with Gasteiger partial charge in [0.2, 0.25) is 0 Å². The van der Waals surface area contributed by atoms with E-state index in [0.717, 1.165) is 12.8 Å². The molecule has 47 heavy (non-hydrogen) atoms. The number of unbranched alkanes of at least 4 members (excludes halogenated alkanes) is 24. The number of halogens is 1. The summed E-state index contributed by atoms with van der Waals surface area (Å²) in [5.74, 6) is 0. The van der Waals surface area contributed by atoms with Gasteiger partial charge in [-0.3, -0.25) is 0 Å². The molecule has 0 radical (unpaired) electrons. The average molecular weight is 709 g/mol. The second-order valence-corrected chi connectivity index (χ2v) is 14.3. The Balaban J connectivity index is 0. The smallest absolute Gasteiger partial charge is 0.329 e. The van der Waals surface area contributed by atoms with Gasteiger partial charge in [-0.2, -0.15) is 0 Å². The lowest BCUT2D eigenvalue weighted by molar-refractivity contribution is 0.0250. The van der Waals surface area contributed by atoms with Crippen LogP contribution < -0.4 is 0 Å². The molecule has 0 heterocycles. The van der Waals surface area contributed by atoms with Crippen molar-refractivity contribution < 1.29 is 29.3 Å². The van der Waals surface area contributed by atoms with Crippen molar-refractivity contribution in [1.82, 2.24) is 0 Å². The lowest BCUT2D eigenvalue weighted by Gasteiger charge is -2.10. The Morgan fingerprint density at radius 3 is 1.02 bits per heavy atom. The highest BCUT2D eigenvalue weighted by Crippen LogP contribution is 2.33.